The number of hydrogen-bond acceptors (Lipinski definition) is 3. The first-order chi connectivity index (χ1) is 17.4. The van der Waals surface area contributed by atoms with Crippen molar-refractivity contribution in [2.75, 3.05) is 14.2 Å². The van der Waals surface area contributed by atoms with Gasteiger partial charge in [0.25, 0.3) is 0 Å². The molecule has 0 spiro atoms. The Balaban J connectivity index is 1.20. The van der Waals surface area contributed by atoms with Crippen LogP contribution in [0.15, 0.2) is 48.5 Å². The molecule has 0 N–H and O–H groups in total. The molecule has 3 aliphatic carbocycles. The number of ether oxygens (including phenoxy) is 1. The lowest BCUT2D eigenvalue weighted by molar-refractivity contribution is -0.130. The van der Waals surface area contributed by atoms with Crippen LogP contribution < -0.4 is 4.74 Å². The van der Waals surface area contributed by atoms with Gasteiger partial charge in [0, 0.05) is 31.8 Å². The maximum absolute atomic E-state index is 13.3. The summed E-state index contributed by atoms with van der Waals surface area (Å²) in [5.74, 6) is 3.77. The summed E-state index contributed by atoms with van der Waals surface area (Å²) >= 11 is 0. The van der Waals surface area contributed by atoms with Gasteiger partial charge in [-0.25, -0.2) is 0 Å². The fraction of sp³-hybridized carbons (Fsp3) is 0.562. The van der Waals surface area contributed by atoms with E-state index in [-0.39, 0.29) is 11.3 Å². The lowest BCUT2D eigenvalue weighted by Crippen LogP contribution is -2.44. The Kier molecular flexibility index (Phi) is 7.23. The van der Waals surface area contributed by atoms with Crippen LogP contribution in [0.1, 0.15) is 80.9 Å². The minimum atomic E-state index is -0.151. The zero-order chi connectivity index (χ0) is 25.3. The first kappa shape index (κ1) is 25.0. The van der Waals surface area contributed by atoms with Gasteiger partial charge in [-0.1, -0.05) is 49.7 Å². The van der Waals surface area contributed by atoms with E-state index in [0.717, 1.165) is 56.3 Å². The largest absolute Gasteiger partial charge is 0.497 e. The van der Waals surface area contributed by atoms with E-state index in [2.05, 4.69) is 37.3 Å². The van der Waals surface area contributed by atoms with Crippen LogP contribution in [-0.2, 0) is 22.6 Å². The van der Waals surface area contributed by atoms with Gasteiger partial charge < -0.3 is 9.64 Å². The Morgan fingerprint density at radius 2 is 1.92 bits per heavy atom. The number of carbonyl (C=O) groups is 2. The Bertz CT molecular complexity index is 1100. The van der Waals surface area contributed by atoms with Crippen molar-refractivity contribution in [1.82, 2.24) is 4.90 Å². The second-order valence-corrected chi connectivity index (χ2v) is 11.7. The summed E-state index contributed by atoms with van der Waals surface area (Å²) in [4.78, 5) is 27.8. The predicted octanol–water partition coefficient (Wildman–Crippen LogP) is 6.57. The van der Waals surface area contributed by atoms with Crippen molar-refractivity contribution in [3.63, 3.8) is 0 Å². The minimum absolute atomic E-state index is 0.151. The molecule has 36 heavy (non-hydrogen) atoms. The van der Waals surface area contributed by atoms with Crippen LogP contribution in [-0.4, -0.2) is 30.7 Å². The molecule has 0 aliphatic heterocycles. The van der Waals surface area contributed by atoms with Crippen LogP contribution >= 0.6 is 0 Å². The average Bonchev–Trinajstić information content (AvgIpc) is 3.16. The maximum atomic E-state index is 13.3. The van der Waals surface area contributed by atoms with E-state index in [1.807, 2.05) is 30.1 Å². The SMILES string of the molecule is COc1ccc2c(c1)CCC1C2CC[C@]2(C)C(=O)C[C@@H](CCCCC(=O)N(C)Cc3ccccc3)C12. The normalized spacial score (nSPS) is 28.7. The fourth-order valence-electron chi connectivity index (χ4n) is 7.83. The molecule has 0 saturated heterocycles. The second kappa shape index (κ2) is 10.4. The lowest BCUT2D eigenvalue weighted by atomic mass is 9.54. The monoisotopic (exact) mass is 487 g/mol. The number of benzene rings is 2. The molecule has 2 aromatic rings. The molecule has 0 aromatic heterocycles. The van der Waals surface area contributed by atoms with Gasteiger partial charge in [-0.3, -0.25) is 9.59 Å². The van der Waals surface area contributed by atoms with Gasteiger partial charge in [0.2, 0.25) is 5.91 Å². The number of hydrogen-bond donors (Lipinski definition) is 0. The van der Waals surface area contributed by atoms with Gasteiger partial charge in [-0.05, 0) is 91.0 Å². The number of fused-ring (bicyclic) bond motifs is 5. The number of carbonyl (C=O) groups excluding carboxylic acids is 2. The standard InChI is InChI=1S/C32H41NO3/c1-32-18-17-27-26-16-14-25(36-3)19-23(26)13-15-28(27)31(32)24(20-29(32)34)11-7-8-12-30(35)33(2)21-22-9-5-4-6-10-22/h4-6,9-10,14,16,19,24,27-28,31H,7-8,11-13,15,17-18,20-21H2,1-3H3/t24-,27?,28?,31?,32-/m1/s1. The first-order valence-corrected chi connectivity index (χ1v) is 13.9. The number of nitrogens with zero attached hydrogens (tertiary/aromatic N) is 1. The van der Waals surface area contributed by atoms with Gasteiger partial charge in [-0.2, -0.15) is 0 Å². The highest BCUT2D eigenvalue weighted by atomic mass is 16.5. The van der Waals surface area contributed by atoms with Gasteiger partial charge >= 0.3 is 0 Å². The van der Waals surface area contributed by atoms with Crippen LogP contribution in [0.25, 0.3) is 0 Å². The summed E-state index contributed by atoms with van der Waals surface area (Å²) in [6.45, 7) is 2.93. The van der Waals surface area contributed by atoms with Crippen LogP contribution in [0.2, 0.25) is 0 Å². The van der Waals surface area contributed by atoms with E-state index < -0.39 is 0 Å². The van der Waals surface area contributed by atoms with Crippen LogP contribution in [0.4, 0.5) is 0 Å². The fourth-order valence-corrected chi connectivity index (χ4v) is 7.83. The molecule has 2 aromatic carbocycles. The third-order valence-corrected chi connectivity index (χ3v) is 9.68. The number of aryl methyl sites for hydroxylation is 1. The topological polar surface area (TPSA) is 46.6 Å². The molecule has 4 nitrogen and oxygen atoms in total. The Morgan fingerprint density at radius 3 is 2.69 bits per heavy atom. The van der Waals surface area contributed by atoms with Crippen molar-refractivity contribution in [3.8, 4) is 5.75 Å². The highest BCUT2D eigenvalue weighted by Gasteiger charge is 2.58. The second-order valence-electron chi connectivity index (χ2n) is 11.7. The smallest absolute Gasteiger partial charge is 0.222 e. The molecule has 1 amide bonds. The predicted molar refractivity (Wildman–Crippen MR) is 143 cm³/mol. The Labute approximate surface area is 216 Å². The van der Waals surface area contributed by atoms with Gasteiger partial charge in [0.1, 0.15) is 11.5 Å². The zero-order valence-corrected chi connectivity index (χ0v) is 22.2. The van der Waals surface area contributed by atoms with Crippen LogP contribution in [0.3, 0.4) is 0 Å². The molecule has 3 aliphatic rings. The zero-order valence-electron chi connectivity index (χ0n) is 22.2. The van der Waals surface area contributed by atoms with Crippen LogP contribution in [0.5, 0.6) is 5.75 Å². The van der Waals surface area contributed by atoms with Crippen molar-refractivity contribution < 1.29 is 14.3 Å². The molecule has 2 fully saturated rings. The number of Topliss-reactive ketones (excluding diaryl/α,β-unsaturated/α-hetero) is 1. The molecule has 3 unspecified atom stereocenters. The summed E-state index contributed by atoms with van der Waals surface area (Å²) in [5, 5.41) is 0. The molecular weight excluding hydrogens is 446 g/mol. The minimum Gasteiger partial charge on any atom is -0.497 e. The van der Waals surface area contributed by atoms with Crippen molar-refractivity contribution in [2.45, 2.75) is 77.2 Å². The molecule has 0 heterocycles. The number of ketones is 1. The highest BCUT2D eigenvalue weighted by molar-refractivity contribution is 5.87. The summed E-state index contributed by atoms with van der Waals surface area (Å²) in [6.07, 6.45) is 8.74. The quantitative estimate of drug-likeness (QED) is 0.396. The average molecular weight is 488 g/mol. The van der Waals surface area contributed by atoms with Gasteiger partial charge in [0.15, 0.2) is 0 Å². The van der Waals surface area contributed by atoms with E-state index in [9.17, 15) is 9.59 Å². The Hall–Kier alpha value is -2.62. The van der Waals surface area contributed by atoms with Crippen LogP contribution in [0, 0.1) is 23.2 Å². The third-order valence-electron chi connectivity index (χ3n) is 9.68. The molecule has 4 heteroatoms. The van der Waals surface area contributed by atoms with Crippen molar-refractivity contribution in [2.24, 2.45) is 23.2 Å². The third kappa shape index (κ3) is 4.71. The molecule has 0 radical (unpaired) electrons. The maximum Gasteiger partial charge on any atom is 0.222 e. The van der Waals surface area contributed by atoms with E-state index in [0.29, 0.717) is 42.4 Å². The molecule has 5 rings (SSSR count). The van der Waals surface area contributed by atoms with E-state index in [4.69, 9.17) is 4.74 Å². The number of rotatable bonds is 8. The van der Waals surface area contributed by atoms with E-state index in [1.54, 1.807) is 7.11 Å². The Morgan fingerprint density at radius 1 is 1.11 bits per heavy atom. The molecule has 192 valence electrons. The van der Waals surface area contributed by atoms with E-state index >= 15 is 0 Å². The summed E-state index contributed by atoms with van der Waals surface area (Å²) in [7, 11) is 3.64. The lowest BCUT2D eigenvalue weighted by Gasteiger charge is -2.50. The van der Waals surface area contributed by atoms with Gasteiger partial charge in [-0.15, -0.1) is 0 Å². The molecule has 5 atom stereocenters. The number of amides is 1. The summed E-state index contributed by atoms with van der Waals surface area (Å²) in [5.41, 5.74) is 3.95. The summed E-state index contributed by atoms with van der Waals surface area (Å²) < 4.78 is 5.48. The van der Waals surface area contributed by atoms with Gasteiger partial charge in [0.05, 0.1) is 7.11 Å². The van der Waals surface area contributed by atoms with E-state index in [1.165, 1.54) is 17.5 Å². The number of methoxy groups -OCH3 is 1. The van der Waals surface area contributed by atoms with Crippen molar-refractivity contribution >= 4 is 11.7 Å². The molecule has 2 saturated carbocycles. The highest BCUT2D eigenvalue weighted by Crippen LogP contribution is 2.62. The van der Waals surface area contributed by atoms with Crippen molar-refractivity contribution in [3.05, 3.63) is 65.2 Å². The first-order valence-electron chi connectivity index (χ1n) is 13.9. The van der Waals surface area contributed by atoms with Crippen molar-refractivity contribution in [1.29, 1.82) is 0 Å². The summed E-state index contributed by atoms with van der Waals surface area (Å²) in [6, 6.07) is 16.8. The molecular formula is C32H41NO3. The number of unbranched alkanes of at least 4 members (excludes halogenated alkanes) is 1. The molecule has 0 bridgehead atoms.